The quantitative estimate of drug-likeness (QED) is 0.876. The first-order valence-corrected chi connectivity index (χ1v) is 7.08. The van der Waals surface area contributed by atoms with Gasteiger partial charge >= 0.3 is 0 Å². The summed E-state index contributed by atoms with van der Waals surface area (Å²) in [6, 6.07) is 9.92. The molecule has 0 saturated carbocycles. The predicted octanol–water partition coefficient (Wildman–Crippen LogP) is 2.66. The lowest BCUT2D eigenvalue weighted by atomic mass is 9.88. The fraction of sp³-hybridized carbons (Fsp3) is 0.533. The summed E-state index contributed by atoms with van der Waals surface area (Å²) in [5.41, 5.74) is 2.44. The Morgan fingerprint density at radius 1 is 1.33 bits per heavy atom. The zero-order valence-electron chi connectivity index (χ0n) is 10.8. The van der Waals surface area contributed by atoms with Gasteiger partial charge in [0.05, 0.1) is 11.0 Å². The Labute approximate surface area is 107 Å². The van der Waals surface area contributed by atoms with Crippen molar-refractivity contribution in [2.75, 3.05) is 0 Å². The normalized spacial score (nSPS) is 30.4. The molecule has 3 heteroatoms. The Morgan fingerprint density at radius 3 is 2.94 bits per heavy atom. The van der Waals surface area contributed by atoms with Gasteiger partial charge in [0.1, 0.15) is 5.82 Å². The number of aryl methyl sites for hydroxylation is 1. The van der Waals surface area contributed by atoms with Crippen LogP contribution >= 0.6 is 0 Å². The summed E-state index contributed by atoms with van der Waals surface area (Å²) in [5.74, 6) is 1.93. The van der Waals surface area contributed by atoms with Crippen LogP contribution in [-0.2, 0) is 6.54 Å². The van der Waals surface area contributed by atoms with Gasteiger partial charge in [-0.15, -0.1) is 0 Å². The summed E-state index contributed by atoms with van der Waals surface area (Å²) in [6.45, 7) is 3.24. The van der Waals surface area contributed by atoms with E-state index in [1.807, 2.05) is 0 Å². The predicted molar refractivity (Wildman–Crippen MR) is 72.7 cm³/mol. The molecule has 3 heterocycles. The molecule has 3 atom stereocenters. The summed E-state index contributed by atoms with van der Waals surface area (Å²) >= 11 is 0. The molecule has 0 spiro atoms. The maximum Gasteiger partial charge on any atom is 0.114 e. The SMILES string of the molecule is CCn1c(C2CC3CCC2N3)nc2ccccc21. The first-order chi connectivity index (χ1) is 8.86. The van der Waals surface area contributed by atoms with Crippen LogP contribution in [0.3, 0.4) is 0 Å². The number of hydrogen-bond acceptors (Lipinski definition) is 2. The molecule has 0 aliphatic carbocycles. The lowest BCUT2D eigenvalue weighted by Crippen LogP contribution is -2.23. The molecule has 18 heavy (non-hydrogen) atoms. The average Bonchev–Trinajstić information content (AvgIpc) is 3.10. The Bertz CT molecular complexity index is 586. The Morgan fingerprint density at radius 2 is 2.22 bits per heavy atom. The first kappa shape index (κ1) is 10.6. The maximum absolute atomic E-state index is 4.91. The molecule has 2 saturated heterocycles. The van der Waals surface area contributed by atoms with Gasteiger partial charge in [-0.1, -0.05) is 12.1 Å². The lowest BCUT2D eigenvalue weighted by molar-refractivity contribution is 0.471. The number of fused-ring (bicyclic) bond motifs is 3. The molecule has 3 nitrogen and oxygen atoms in total. The van der Waals surface area contributed by atoms with Gasteiger partial charge in [0.25, 0.3) is 0 Å². The standard InChI is InChI=1S/C15H19N3/c1-2-18-14-6-4-3-5-13(14)17-15(18)11-9-10-7-8-12(11)16-10/h3-6,10-12,16H,2,7-9H2,1H3. The molecular weight excluding hydrogens is 222 g/mol. The third-order valence-electron chi connectivity index (χ3n) is 4.63. The molecule has 2 aromatic rings. The minimum absolute atomic E-state index is 0.621. The van der Waals surface area contributed by atoms with Crippen molar-refractivity contribution in [3.8, 4) is 0 Å². The highest BCUT2D eigenvalue weighted by molar-refractivity contribution is 5.76. The van der Waals surface area contributed by atoms with Crippen molar-refractivity contribution in [3.63, 3.8) is 0 Å². The van der Waals surface area contributed by atoms with E-state index in [0.29, 0.717) is 12.0 Å². The zero-order valence-corrected chi connectivity index (χ0v) is 10.8. The van der Waals surface area contributed by atoms with E-state index in [1.54, 1.807) is 0 Å². The van der Waals surface area contributed by atoms with E-state index >= 15 is 0 Å². The zero-order chi connectivity index (χ0) is 12.1. The fourth-order valence-electron chi connectivity index (χ4n) is 3.82. The summed E-state index contributed by atoms with van der Waals surface area (Å²) in [5, 5.41) is 3.72. The van der Waals surface area contributed by atoms with Crippen LogP contribution in [0.25, 0.3) is 11.0 Å². The number of nitrogens with one attached hydrogen (secondary N) is 1. The number of para-hydroxylation sites is 2. The van der Waals surface area contributed by atoms with E-state index in [1.165, 1.54) is 30.6 Å². The number of hydrogen-bond donors (Lipinski definition) is 1. The van der Waals surface area contributed by atoms with Crippen molar-refractivity contribution < 1.29 is 0 Å². The monoisotopic (exact) mass is 241 g/mol. The average molecular weight is 241 g/mol. The second-order valence-corrected chi connectivity index (χ2v) is 5.59. The number of nitrogens with zero attached hydrogens (tertiary/aromatic N) is 2. The van der Waals surface area contributed by atoms with Crippen molar-refractivity contribution in [2.45, 2.75) is 50.7 Å². The molecule has 3 unspecified atom stereocenters. The third kappa shape index (κ3) is 1.37. The molecule has 2 aliphatic rings. The van der Waals surface area contributed by atoms with Crippen molar-refractivity contribution in [1.82, 2.24) is 14.9 Å². The summed E-state index contributed by atoms with van der Waals surface area (Å²) < 4.78 is 2.41. The van der Waals surface area contributed by atoms with Crippen LogP contribution in [0.4, 0.5) is 0 Å². The lowest BCUT2D eigenvalue weighted by Gasteiger charge is -2.20. The Hall–Kier alpha value is -1.35. The molecule has 1 aromatic carbocycles. The Kier molecular flexibility index (Phi) is 2.24. The fourth-order valence-corrected chi connectivity index (χ4v) is 3.82. The van der Waals surface area contributed by atoms with Crippen LogP contribution < -0.4 is 5.32 Å². The molecule has 0 amide bonds. The molecule has 4 rings (SSSR count). The molecule has 1 aromatic heterocycles. The topological polar surface area (TPSA) is 29.9 Å². The van der Waals surface area contributed by atoms with Crippen molar-refractivity contribution >= 4 is 11.0 Å². The van der Waals surface area contributed by atoms with Crippen LogP contribution in [0.15, 0.2) is 24.3 Å². The second-order valence-electron chi connectivity index (χ2n) is 5.59. The summed E-state index contributed by atoms with van der Waals surface area (Å²) in [4.78, 5) is 4.91. The van der Waals surface area contributed by atoms with Gasteiger partial charge in [-0.25, -0.2) is 4.98 Å². The summed E-state index contributed by atoms with van der Waals surface area (Å²) in [6.07, 6.45) is 3.95. The van der Waals surface area contributed by atoms with E-state index in [2.05, 4.69) is 41.1 Å². The van der Waals surface area contributed by atoms with Crippen LogP contribution in [0.5, 0.6) is 0 Å². The molecular formula is C15H19N3. The molecule has 94 valence electrons. The maximum atomic E-state index is 4.91. The van der Waals surface area contributed by atoms with E-state index in [0.717, 1.165) is 18.1 Å². The van der Waals surface area contributed by atoms with Gasteiger partial charge in [-0.3, -0.25) is 0 Å². The molecule has 2 aliphatic heterocycles. The molecule has 2 fully saturated rings. The van der Waals surface area contributed by atoms with Gasteiger partial charge < -0.3 is 9.88 Å². The molecule has 2 bridgehead atoms. The number of benzene rings is 1. The Balaban J connectivity index is 1.84. The highest BCUT2D eigenvalue weighted by atomic mass is 15.1. The minimum atomic E-state index is 0.621. The van der Waals surface area contributed by atoms with E-state index < -0.39 is 0 Å². The summed E-state index contributed by atoms with van der Waals surface area (Å²) in [7, 11) is 0. The van der Waals surface area contributed by atoms with E-state index in [4.69, 9.17) is 4.98 Å². The highest BCUT2D eigenvalue weighted by Gasteiger charge is 2.41. The number of aromatic nitrogens is 2. The molecule has 1 N–H and O–H groups in total. The largest absolute Gasteiger partial charge is 0.328 e. The van der Waals surface area contributed by atoms with Gasteiger partial charge in [-0.05, 0) is 38.3 Å². The van der Waals surface area contributed by atoms with Crippen molar-refractivity contribution in [1.29, 1.82) is 0 Å². The van der Waals surface area contributed by atoms with Crippen LogP contribution in [0, 0.1) is 0 Å². The van der Waals surface area contributed by atoms with Gasteiger partial charge in [0.2, 0.25) is 0 Å². The smallest absolute Gasteiger partial charge is 0.114 e. The van der Waals surface area contributed by atoms with Crippen molar-refractivity contribution in [2.24, 2.45) is 0 Å². The van der Waals surface area contributed by atoms with E-state index in [9.17, 15) is 0 Å². The minimum Gasteiger partial charge on any atom is -0.328 e. The third-order valence-corrected chi connectivity index (χ3v) is 4.63. The molecule has 0 radical (unpaired) electrons. The number of rotatable bonds is 2. The van der Waals surface area contributed by atoms with Crippen LogP contribution in [0.2, 0.25) is 0 Å². The van der Waals surface area contributed by atoms with Crippen LogP contribution in [-0.4, -0.2) is 21.6 Å². The second kappa shape index (κ2) is 3.82. The first-order valence-electron chi connectivity index (χ1n) is 7.08. The number of imidazole rings is 1. The van der Waals surface area contributed by atoms with Gasteiger partial charge in [0, 0.05) is 24.5 Å². The van der Waals surface area contributed by atoms with Crippen molar-refractivity contribution in [3.05, 3.63) is 30.1 Å². The van der Waals surface area contributed by atoms with Gasteiger partial charge in [0.15, 0.2) is 0 Å². The highest BCUT2D eigenvalue weighted by Crippen LogP contribution is 2.40. The van der Waals surface area contributed by atoms with Gasteiger partial charge in [-0.2, -0.15) is 0 Å². The van der Waals surface area contributed by atoms with E-state index in [-0.39, 0.29) is 0 Å². The van der Waals surface area contributed by atoms with Crippen LogP contribution in [0.1, 0.15) is 37.9 Å².